The summed E-state index contributed by atoms with van der Waals surface area (Å²) in [6, 6.07) is 25.6. The Morgan fingerprint density at radius 1 is 0.646 bits per heavy atom. The van der Waals surface area contributed by atoms with Crippen molar-refractivity contribution in [3.8, 4) is 44.9 Å². The van der Waals surface area contributed by atoms with E-state index in [-0.39, 0.29) is 23.9 Å². The molecule has 2 fully saturated rings. The maximum atomic E-state index is 11.5. The molecule has 10 heteroatoms. The van der Waals surface area contributed by atoms with Crippen LogP contribution in [-0.2, 0) is 22.7 Å². The maximum Gasteiger partial charge on any atom is 0.220 e. The Morgan fingerprint density at radius 2 is 1.06 bits per heavy atom. The van der Waals surface area contributed by atoms with Crippen molar-refractivity contribution in [1.82, 2.24) is 21.3 Å². The van der Waals surface area contributed by atoms with E-state index in [2.05, 4.69) is 126 Å². The van der Waals surface area contributed by atoms with Gasteiger partial charge in [-0.15, -0.1) is 0 Å². The second-order valence-electron chi connectivity index (χ2n) is 12.3. The highest BCUT2D eigenvalue weighted by atomic mass is 79.9. The summed E-state index contributed by atoms with van der Waals surface area (Å²) in [7, 11) is 3.40. The molecule has 2 saturated heterocycles. The maximum absolute atomic E-state index is 11.5. The molecule has 2 aliphatic heterocycles. The minimum Gasteiger partial charge on any atom is -0.496 e. The summed E-state index contributed by atoms with van der Waals surface area (Å²) in [4.78, 5) is 23.0. The average Bonchev–Trinajstić information content (AvgIpc) is 3.72. The van der Waals surface area contributed by atoms with E-state index < -0.39 is 0 Å². The predicted molar refractivity (Wildman–Crippen MR) is 197 cm³/mol. The highest BCUT2D eigenvalue weighted by molar-refractivity contribution is 9.11. The van der Waals surface area contributed by atoms with E-state index in [1.165, 1.54) is 0 Å². The van der Waals surface area contributed by atoms with Gasteiger partial charge in [-0.25, -0.2) is 0 Å². The fourth-order valence-corrected chi connectivity index (χ4v) is 7.88. The zero-order valence-corrected chi connectivity index (χ0v) is 30.3. The van der Waals surface area contributed by atoms with Crippen LogP contribution in [0.4, 0.5) is 0 Å². The SMILES string of the molecule is COc1cc(-c2cccc(-c3cccc(-c4ccc(CNC[C@@H]5CCC(=O)N5)c(OC)c4)c3Br)c2Br)ccc1CNC[C@@H]1CCC(=O)N1. The van der Waals surface area contributed by atoms with Gasteiger partial charge in [-0.1, -0.05) is 60.7 Å². The van der Waals surface area contributed by atoms with Crippen LogP contribution in [-0.4, -0.2) is 51.2 Å². The Labute approximate surface area is 298 Å². The molecule has 48 heavy (non-hydrogen) atoms. The van der Waals surface area contributed by atoms with Gasteiger partial charge in [0.05, 0.1) is 14.2 Å². The number of hydrogen-bond donors (Lipinski definition) is 4. The standard InChI is InChI=1S/C38H40Br2N4O4/c1-47-33-17-23(9-11-25(33)19-41-21-27-13-15-35(45)43-27)29-5-3-7-31(37(29)39)32-8-4-6-30(38(32)40)24-10-12-26(34(18-24)48-2)20-42-22-28-14-16-36(46)44-28/h3-12,17-18,27-28,41-42H,13-16,19-22H2,1-2H3,(H,43,45)(H,44,46)/t27-,28-/m0/s1. The third kappa shape index (κ3) is 7.78. The van der Waals surface area contributed by atoms with Crippen molar-refractivity contribution in [2.75, 3.05) is 27.3 Å². The molecule has 0 aromatic heterocycles. The van der Waals surface area contributed by atoms with E-state index >= 15 is 0 Å². The molecule has 0 aliphatic carbocycles. The van der Waals surface area contributed by atoms with Gasteiger partial charge in [-0.3, -0.25) is 9.59 Å². The molecule has 4 aromatic rings. The zero-order valence-electron chi connectivity index (χ0n) is 27.1. The number of benzene rings is 4. The second-order valence-corrected chi connectivity index (χ2v) is 13.8. The van der Waals surface area contributed by atoms with Gasteiger partial charge in [-0.2, -0.15) is 0 Å². The summed E-state index contributed by atoms with van der Waals surface area (Å²) in [5, 5.41) is 12.9. The topological polar surface area (TPSA) is 101 Å². The van der Waals surface area contributed by atoms with Crippen molar-refractivity contribution in [3.63, 3.8) is 0 Å². The molecule has 6 rings (SSSR count). The fourth-order valence-electron chi connectivity index (χ4n) is 6.47. The number of carbonyl (C=O) groups excluding carboxylic acids is 2. The Morgan fingerprint density at radius 3 is 1.44 bits per heavy atom. The number of methoxy groups -OCH3 is 2. The van der Waals surface area contributed by atoms with Crippen molar-refractivity contribution in [3.05, 3.63) is 92.9 Å². The molecule has 0 radical (unpaired) electrons. The summed E-state index contributed by atoms with van der Waals surface area (Å²) in [6.45, 7) is 2.77. The molecule has 2 atom stereocenters. The molecular weight excluding hydrogens is 736 g/mol. The summed E-state index contributed by atoms with van der Waals surface area (Å²) in [5.74, 6) is 1.88. The number of hydrogen-bond acceptors (Lipinski definition) is 6. The van der Waals surface area contributed by atoms with Gasteiger partial charge in [0.1, 0.15) is 11.5 Å². The highest BCUT2D eigenvalue weighted by Crippen LogP contribution is 2.43. The van der Waals surface area contributed by atoms with Gasteiger partial charge in [0.25, 0.3) is 0 Å². The van der Waals surface area contributed by atoms with Crippen LogP contribution in [0.2, 0.25) is 0 Å². The summed E-state index contributed by atoms with van der Waals surface area (Å²) in [6.07, 6.45) is 2.94. The molecule has 8 nitrogen and oxygen atoms in total. The van der Waals surface area contributed by atoms with Crippen LogP contribution in [0.1, 0.15) is 36.8 Å². The lowest BCUT2D eigenvalue weighted by atomic mass is 9.95. The number of amides is 2. The normalized spacial score (nSPS) is 17.3. The van der Waals surface area contributed by atoms with E-state index in [0.29, 0.717) is 25.9 Å². The summed E-state index contributed by atoms with van der Waals surface area (Å²) >= 11 is 7.89. The molecule has 4 N–H and O–H groups in total. The quantitative estimate of drug-likeness (QED) is 0.117. The van der Waals surface area contributed by atoms with Crippen molar-refractivity contribution in [1.29, 1.82) is 0 Å². The molecule has 2 amide bonds. The van der Waals surface area contributed by atoms with E-state index in [1.807, 2.05) is 0 Å². The molecule has 2 aliphatic rings. The Balaban J connectivity index is 1.20. The lowest BCUT2D eigenvalue weighted by molar-refractivity contribution is -0.120. The van der Waals surface area contributed by atoms with Gasteiger partial charge in [0, 0.05) is 71.2 Å². The Kier molecular flexibility index (Phi) is 11.2. The first-order valence-corrected chi connectivity index (χ1v) is 17.8. The number of carbonyl (C=O) groups is 2. The Hall–Kier alpha value is -3.70. The van der Waals surface area contributed by atoms with Crippen molar-refractivity contribution >= 4 is 43.7 Å². The largest absolute Gasteiger partial charge is 0.496 e. The van der Waals surface area contributed by atoms with Crippen molar-refractivity contribution < 1.29 is 19.1 Å². The molecule has 4 aromatic carbocycles. The monoisotopic (exact) mass is 774 g/mol. The van der Waals surface area contributed by atoms with Gasteiger partial charge in [0.2, 0.25) is 11.8 Å². The smallest absolute Gasteiger partial charge is 0.220 e. The first-order valence-electron chi connectivity index (χ1n) is 16.3. The summed E-state index contributed by atoms with van der Waals surface area (Å²) in [5.41, 5.74) is 8.47. The van der Waals surface area contributed by atoms with E-state index in [9.17, 15) is 9.59 Å². The molecule has 0 spiro atoms. The first-order chi connectivity index (χ1) is 23.3. The number of nitrogens with one attached hydrogen (secondary N) is 4. The van der Waals surface area contributed by atoms with E-state index in [0.717, 1.165) is 90.9 Å². The van der Waals surface area contributed by atoms with Gasteiger partial charge in [-0.05, 0) is 90.2 Å². The van der Waals surface area contributed by atoms with Gasteiger partial charge < -0.3 is 30.7 Å². The van der Waals surface area contributed by atoms with Gasteiger partial charge in [0.15, 0.2) is 0 Å². The van der Waals surface area contributed by atoms with Crippen molar-refractivity contribution in [2.45, 2.75) is 50.9 Å². The summed E-state index contributed by atoms with van der Waals surface area (Å²) < 4.78 is 13.6. The zero-order chi connectivity index (χ0) is 33.6. The number of ether oxygens (including phenoxy) is 2. The number of halogens is 2. The van der Waals surface area contributed by atoms with E-state index in [1.54, 1.807) is 14.2 Å². The molecule has 2 heterocycles. The highest BCUT2D eigenvalue weighted by Gasteiger charge is 2.22. The van der Waals surface area contributed by atoms with Crippen LogP contribution in [0.25, 0.3) is 33.4 Å². The lowest BCUT2D eigenvalue weighted by Crippen LogP contribution is -2.35. The lowest BCUT2D eigenvalue weighted by Gasteiger charge is -2.17. The molecular formula is C38H40Br2N4O4. The fraction of sp³-hybridized carbons (Fsp3) is 0.316. The van der Waals surface area contributed by atoms with Crippen molar-refractivity contribution in [2.24, 2.45) is 0 Å². The van der Waals surface area contributed by atoms with Crippen LogP contribution >= 0.6 is 31.9 Å². The third-order valence-corrected chi connectivity index (χ3v) is 10.8. The van der Waals surface area contributed by atoms with Crippen LogP contribution < -0.4 is 30.7 Å². The Bertz CT molecular complexity index is 1680. The minimum atomic E-state index is 0.127. The third-order valence-electron chi connectivity index (χ3n) is 9.07. The van der Waals surface area contributed by atoms with E-state index in [4.69, 9.17) is 9.47 Å². The molecule has 0 bridgehead atoms. The molecule has 0 saturated carbocycles. The van der Waals surface area contributed by atoms with Crippen LogP contribution in [0, 0.1) is 0 Å². The predicted octanol–water partition coefficient (Wildman–Crippen LogP) is 6.97. The molecule has 0 unspecified atom stereocenters. The molecule has 250 valence electrons. The van der Waals surface area contributed by atoms with Crippen LogP contribution in [0.15, 0.2) is 81.7 Å². The number of rotatable bonds is 13. The first kappa shape index (κ1) is 34.2. The van der Waals surface area contributed by atoms with Crippen LogP contribution in [0.5, 0.6) is 11.5 Å². The minimum absolute atomic E-state index is 0.127. The average molecular weight is 777 g/mol. The van der Waals surface area contributed by atoms with Crippen LogP contribution in [0.3, 0.4) is 0 Å². The van der Waals surface area contributed by atoms with Gasteiger partial charge >= 0.3 is 0 Å². The second kappa shape index (κ2) is 15.7.